The number of methoxy groups -OCH3 is 1. The van der Waals surface area contributed by atoms with Crippen LogP contribution in [-0.4, -0.2) is 13.1 Å². The maximum Gasteiger partial charge on any atom is 0.313 e. The van der Waals surface area contributed by atoms with Crippen molar-refractivity contribution in [3.05, 3.63) is 35.9 Å². The first-order valence-corrected chi connectivity index (χ1v) is 5.33. The Hall–Kier alpha value is -1.31. The molecule has 0 amide bonds. The first kappa shape index (κ1) is 11.8. The fourth-order valence-electron chi connectivity index (χ4n) is 1.72. The molecule has 1 aromatic rings. The van der Waals surface area contributed by atoms with Crippen LogP contribution in [0.2, 0.25) is 0 Å². The number of hydrogen-bond donors (Lipinski definition) is 0. The van der Waals surface area contributed by atoms with Crippen LogP contribution in [0.1, 0.15) is 31.7 Å². The highest BCUT2D eigenvalue weighted by atomic mass is 16.5. The first-order chi connectivity index (χ1) is 7.20. The number of ether oxygens (including phenoxy) is 1. The van der Waals surface area contributed by atoms with Gasteiger partial charge in [0.2, 0.25) is 0 Å². The minimum absolute atomic E-state index is 0.138. The number of esters is 1. The van der Waals surface area contributed by atoms with E-state index in [1.807, 2.05) is 30.3 Å². The largest absolute Gasteiger partial charge is 0.469 e. The SMILES string of the molecule is CC[C@H](C)[C@H](C(=O)OC)c1ccccc1. The molecule has 0 unspecified atom stereocenters. The van der Waals surface area contributed by atoms with E-state index in [1.165, 1.54) is 7.11 Å². The van der Waals surface area contributed by atoms with Crippen molar-refractivity contribution < 1.29 is 9.53 Å². The normalized spacial score (nSPS) is 14.3. The molecule has 0 bridgehead atoms. The Balaban J connectivity index is 2.96. The van der Waals surface area contributed by atoms with Crippen molar-refractivity contribution in [2.24, 2.45) is 5.92 Å². The number of hydrogen-bond acceptors (Lipinski definition) is 2. The summed E-state index contributed by atoms with van der Waals surface area (Å²) in [7, 11) is 1.45. The fraction of sp³-hybridized carbons (Fsp3) is 0.462. The van der Waals surface area contributed by atoms with Gasteiger partial charge in [-0.3, -0.25) is 4.79 Å². The van der Waals surface area contributed by atoms with E-state index in [0.29, 0.717) is 5.92 Å². The maximum atomic E-state index is 11.7. The van der Waals surface area contributed by atoms with Gasteiger partial charge in [0.1, 0.15) is 0 Å². The van der Waals surface area contributed by atoms with Gasteiger partial charge in [-0.2, -0.15) is 0 Å². The monoisotopic (exact) mass is 206 g/mol. The molecule has 0 aliphatic heterocycles. The molecule has 15 heavy (non-hydrogen) atoms. The molecule has 1 rings (SSSR count). The van der Waals surface area contributed by atoms with Crippen LogP contribution in [0.15, 0.2) is 30.3 Å². The Morgan fingerprint density at radius 1 is 1.33 bits per heavy atom. The van der Waals surface area contributed by atoms with Gasteiger partial charge in [-0.25, -0.2) is 0 Å². The molecular weight excluding hydrogens is 188 g/mol. The van der Waals surface area contributed by atoms with Crippen LogP contribution >= 0.6 is 0 Å². The molecule has 0 heterocycles. The molecule has 0 spiro atoms. The van der Waals surface area contributed by atoms with Gasteiger partial charge < -0.3 is 4.74 Å². The molecule has 0 aliphatic carbocycles. The predicted octanol–water partition coefficient (Wildman–Crippen LogP) is 2.99. The third-order valence-corrected chi connectivity index (χ3v) is 2.83. The Labute approximate surface area is 91.3 Å². The minimum Gasteiger partial charge on any atom is -0.469 e. The summed E-state index contributed by atoms with van der Waals surface area (Å²) in [6.07, 6.45) is 0.967. The van der Waals surface area contributed by atoms with Gasteiger partial charge in [0.05, 0.1) is 13.0 Å². The summed E-state index contributed by atoms with van der Waals surface area (Å²) in [5.74, 6) is 0.0246. The highest BCUT2D eigenvalue weighted by Crippen LogP contribution is 2.27. The van der Waals surface area contributed by atoms with Crippen LogP contribution in [0.3, 0.4) is 0 Å². The van der Waals surface area contributed by atoms with E-state index in [9.17, 15) is 4.79 Å². The molecule has 2 atom stereocenters. The number of benzene rings is 1. The third-order valence-electron chi connectivity index (χ3n) is 2.83. The Bertz CT molecular complexity index is 306. The molecule has 0 saturated heterocycles. The summed E-state index contributed by atoms with van der Waals surface area (Å²) >= 11 is 0. The van der Waals surface area contributed by atoms with Gasteiger partial charge >= 0.3 is 5.97 Å². The van der Waals surface area contributed by atoms with Gasteiger partial charge in [0, 0.05) is 0 Å². The second-order valence-corrected chi connectivity index (χ2v) is 3.80. The summed E-state index contributed by atoms with van der Waals surface area (Å²) in [4.78, 5) is 11.7. The molecule has 0 saturated carbocycles. The van der Waals surface area contributed by atoms with Crippen LogP contribution in [0, 0.1) is 5.92 Å². The highest BCUT2D eigenvalue weighted by molar-refractivity contribution is 5.78. The second-order valence-electron chi connectivity index (χ2n) is 3.80. The summed E-state index contributed by atoms with van der Waals surface area (Å²) in [5.41, 5.74) is 1.04. The molecule has 0 fully saturated rings. The zero-order valence-corrected chi connectivity index (χ0v) is 9.57. The van der Waals surface area contributed by atoms with Crippen LogP contribution in [-0.2, 0) is 9.53 Å². The lowest BCUT2D eigenvalue weighted by molar-refractivity contribution is -0.143. The van der Waals surface area contributed by atoms with Crippen LogP contribution in [0.5, 0.6) is 0 Å². The Morgan fingerprint density at radius 3 is 2.40 bits per heavy atom. The lowest BCUT2D eigenvalue weighted by atomic mass is 9.86. The topological polar surface area (TPSA) is 26.3 Å². The summed E-state index contributed by atoms with van der Waals surface area (Å²) in [6.45, 7) is 4.16. The molecule has 0 aromatic heterocycles. The zero-order valence-electron chi connectivity index (χ0n) is 9.57. The van der Waals surface area contributed by atoms with E-state index in [0.717, 1.165) is 12.0 Å². The molecular formula is C13H18O2. The van der Waals surface area contributed by atoms with E-state index in [2.05, 4.69) is 13.8 Å². The van der Waals surface area contributed by atoms with Gasteiger partial charge in [-0.1, -0.05) is 50.6 Å². The number of rotatable bonds is 4. The average molecular weight is 206 g/mol. The maximum absolute atomic E-state index is 11.7. The molecule has 0 aliphatic rings. The van der Waals surface area contributed by atoms with Gasteiger partial charge in [0.25, 0.3) is 0 Å². The Kier molecular flexibility index (Phi) is 4.35. The van der Waals surface area contributed by atoms with Crippen molar-refractivity contribution in [2.75, 3.05) is 7.11 Å². The molecule has 1 aromatic carbocycles. The van der Waals surface area contributed by atoms with Crippen molar-refractivity contribution in [1.29, 1.82) is 0 Å². The second kappa shape index (κ2) is 5.54. The Morgan fingerprint density at radius 2 is 1.93 bits per heavy atom. The standard InChI is InChI=1S/C13H18O2/c1-4-10(2)12(13(14)15-3)11-8-6-5-7-9-11/h5-10,12H,4H2,1-3H3/t10-,12-/m0/s1. The molecule has 0 radical (unpaired) electrons. The van der Waals surface area contributed by atoms with Crippen molar-refractivity contribution in [3.8, 4) is 0 Å². The van der Waals surface area contributed by atoms with E-state index in [4.69, 9.17) is 4.74 Å². The third kappa shape index (κ3) is 2.82. The van der Waals surface area contributed by atoms with Gasteiger partial charge in [-0.05, 0) is 11.5 Å². The smallest absolute Gasteiger partial charge is 0.313 e. The van der Waals surface area contributed by atoms with E-state index in [1.54, 1.807) is 0 Å². The lowest BCUT2D eigenvalue weighted by Gasteiger charge is -2.20. The van der Waals surface area contributed by atoms with Crippen molar-refractivity contribution in [2.45, 2.75) is 26.2 Å². The molecule has 2 nitrogen and oxygen atoms in total. The lowest BCUT2D eigenvalue weighted by Crippen LogP contribution is -2.20. The minimum atomic E-state index is -0.143. The number of carbonyl (C=O) groups is 1. The molecule has 82 valence electrons. The van der Waals surface area contributed by atoms with E-state index in [-0.39, 0.29) is 11.9 Å². The van der Waals surface area contributed by atoms with Gasteiger partial charge in [0.15, 0.2) is 0 Å². The molecule has 2 heteroatoms. The van der Waals surface area contributed by atoms with Crippen molar-refractivity contribution in [1.82, 2.24) is 0 Å². The van der Waals surface area contributed by atoms with Gasteiger partial charge in [-0.15, -0.1) is 0 Å². The summed E-state index contributed by atoms with van der Waals surface area (Å²) < 4.78 is 4.85. The summed E-state index contributed by atoms with van der Waals surface area (Å²) in [6, 6.07) is 9.82. The predicted molar refractivity (Wildman–Crippen MR) is 60.7 cm³/mol. The quantitative estimate of drug-likeness (QED) is 0.708. The van der Waals surface area contributed by atoms with Crippen LogP contribution in [0.4, 0.5) is 0 Å². The highest BCUT2D eigenvalue weighted by Gasteiger charge is 2.26. The van der Waals surface area contributed by atoms with Crippen LogP contribution in [0.25, 0.3) is 0 Å². The molecule has 0 N–H and O–H groups in total. The van der Waals surface area contributed by atoms with Crippen molar-refractivity contribution >= 4 is 5.97 Å². The van der Waals surface area contributed by atoms with E-state index >= 15 is 0 Å². The average Bonchev–Trinajstić information content (AvgIpc) is 2.30. The summed E-state index contributed by atoms with van der Waals surface area (Å²) in [5, 5.41) is 0. The zero-order chi connectivity index (χ0) is 11.3. The fourth-order valence-corrected chi connectivity index (χ4v) is 1.72. The van der Waals surface area contributed by atoms with Crippen LogP contribution < -0.4 is 0 Å². The number of carbonyl (C=O) groups excluding carboxylic acids is 1. The van der Waals surface area contributed by atoms with E-state index < -0.39 is 0 Å². The first-order valence-electron chi connectivity index (χ1n) is 5.33. The van der Waals surface area contributed by atoms with Crippen molar-refractivity contribution in [3.63, 3.8) is 0 Å².